The molecule has 0 aliphatic carbocycles. The summed E-state index contributed by atoms with van der Waals surface area (Å²) in [5, 5.41) is 2.08. The molecule has 0 aromatic heterocycles. The van der Waals surface area contributed by atoms with Crippen LogP contribution in [0.1, 0.15) is 86.0 Å². The molecule has 0 aromatic rings. The highest BCUT2D eigenvalue weighted by atomic mass is 32.2. The lowest BCUT2D eigenvalue weighted by molar-refractivity contribution is 0.126. The molecular weight excluding hydrogens is 240 g/mol. The fraction of sp³-hybridized carbons (Fsp3) is 0.875. The van der Waals surface area contributed by atoms with Gasteiger partial charge in [-0.25, -0.2) is 0 Å². The maximum Gasteiger partial charge on any atom is 0.0777 e. The average Bonchev–Trinajstić information content (AvgIpc) is 2.27. The standard InChI is InChI=1S/C16H32OS/c1-6-7-8-9-10-11-12-13-16(4,5)17-18-14-15(2)3/h14H,6-13H2,1-5H3. The van der Waals surface area contributed by atoms with Gasteiger partial charge in [0.25, 0.3) is 0 Å². The van der Waals surface area contributed by atoms with Crippen LogP contribution in [0.25, 0.3) is 0 Å². The van der Waals surface area contributed by atoms with Crippen LogP contribution in [0, 0.1) is 0 Å². The molecule has 0 rings (SSSR count). The van der Waals surface area contributed by atoms with Gasteiger partial charge in [0.15, 0.2) is 0 Å². The minimum atomic E-state index is 0.0000349. The number of hydrogen-bond donors (Lipinski definition) is 0. The molecule has 0 N–H and O–H groups in total. The van der Waals surface area contributed by atoms with E-state index in [-0.39, 0.29) is 5.60 Å². The molecule has 0 saturated heterocycles. The first-order valence-electron chi connectivity index (χ1n) is 7.46. The zero-order valence-electron chi connectivity index (χ0n) is 13.1. The molecule has 0 heterocycles. The predicted molar refractivity (Wildman–Crippen MR) is 84.8 cm³/mol. The summed E-state index contributed by atoms with van der Waals surface area (Å²) in [6.07, 6.45) is 10.7. The van der Waals surface area contributed by atoms with E-state index < -0.39 is 0 Å². The molecule has 0 aliphatic heterocycles. The Hall–Kier alpha value is 0.0500. The van der Waals surface area contributed by atoms with Crippen LogP contribution in [-0.2, 0) is 4.18 Å². The van der Waals surface area contributed by atoms with Crippen molar-refractivity contribution in [2.75, 3.05) is 0 Å². The first-order valence-corrected chi connectivity index (χ1v) is 8.26. The molecule has 0 spiro atoms. The molecule has 0 atom stereocenters. The Kier molecular flexibility index (Phi) is 11.0. The van der Waals surface area contributed by atoms with Crippen molar-refractivity contribution in [3.05, 3.63) is 11.0 Å². The maximum atomic E-state index is 5.83. The Labute approximate surface area is 119 Å². The molecule has 0 amide bonds. The Morgan fingerprint density at radius 3 is 2.11 bits per heavy atom. The molecule has 0 unspecified atom stereocenters. The van der Waals surface area contributed by atoms with Crippen molar-refractivity contribution in [2.45, 2.75) is 91.6 Å². The summed E-state index contributed by atoms with van der Waals surface area (Å²) in [5.41, 5.74) is 1.30. The van der Waals surface area contributed by atoms with E-state index in [1.165, 1.54) is 62.6 Å². The Morgan fingerprint density at radius 2 is 1.56 bits per heavy atom. The van der Waals surface area contributed by atoms with Gasteiger partial charge in [-0.3, -0.25) is 0 Å². The van der Waals surface area contributed by atoms with Crippen LogP contribution >= 0.6 is 12.0 Å². The molecule has 2 heteroatoms. The van der Waals surface area contributed by atoms with Crippen molar-refractivity contribution in [1.82, 2.24) is 0 Å². The zero-order chi connectivity index (χ0) is 13.9. The normalized spacial score (nSPS) is 11.6. The Bertz CT molecular complexity index is 217. The van der Waals surface area contributed by atoms with Crippen molar-refractivity contribution in [3.63, 3.8) is 0 Å². The molecule has 0 aliphatic rings. The topological polar surface area (TPSA) is 9.23 Å². The fourth-order valence-corrected chi connectivity index (χ4v) is 2.38. The average molecular weight is 272 g/mol. The molecule has 0 fully saturated rings. The highest BCUT2D eigenvalue weighted by Crippen LogP contribution is 2.25. The zero-order valence-corrected chi connectivity index (χ0v) is 13.9. The summed E-state index contributed by atoms with van der Waals surface area (Å²) in [6.45, 7) is 10.8. The lowest BCUT2D eigenvalue weighted by Gasteiger charge is -2.23. The van der Waals surface area contributed by atoms with E-state index in [1.807, 2.05) is 0 Å². The van der Waals surface area contributed by atoms with Gasteiger partial charge in [-0.05, 0) is 39.5 Å². The van der Waals surface area contributed by atoms with Crippen LogP contribution in [0.15, 0.2) is 11.0 Å². The van der Waals surface area contributed by atoms with Crippen LogP contribution < -0.4 is 0 Å². The van der Waals surface area contributed by atoms with E-state index in [4.69, 9.17) is 4.18 Å². The van der Waals surface area contributed by atoms with E-state index in [9.17, 15) is 0 Å². The second kappa shape index (κ2) is 10.9. The van der Waals surface area contributed by atoms with Gasteiger partial charge in [-0.1, -0.05) is 57.4 Å². The Morgan fingerprint density at radius 1 is 1.00 bits per heavy atom. The number of hydrogen-bond acceptors (Lipinski definition) is 2. The van der Waals surface area contributed by atoms with Crippen LogP contribution in [-0.4, -0.2) is 5.60 Å². The van der Waals surface area contributed by atoms with Crippen molar-refractivity contribution in [3.8, 4) is 0 Å². The van der Waals surface area contributed by atoms with Crippen LogP contribution in [0.4, 0.5) is 0 Å². The molecule has 0 bridgehead atoms. The van der Waals surface area contributed by atoms with Gasteiger partial charge in [-0.15, -0.1) is 0 Å². The fourth-order valence-electron chi connectivity index (χ4n) is 1.80. The van der Waals surface area contributed by atoms with Gasteiger partial charge in [-0.2, -0.15) is 0 Å². The van der Waals surface area contributed by atoms with Crippen LogP contribution in [0.3, 0.4) is 0 Å². The molecule has 0 radical (unpaired) electrons. The summed E-state index contributed by atoms with van der Waals surface area (Å²) in [5.74, 6) is 0. The van der Waals surface area contributed by atoms with Gasteiger partial charge in [0.05, 0.1) is 5.60 Å². The van der Waals surface area contributed by atoms with E-state index in [1.54, 1.807) is 0 Å². The summed E-state index contributed by atoms with van der Waals surface area (Å²) < 4.78 is 5.83. The second-order valence-corrected chi connectivity index (χ2v) is 6.60. The third-order valence-corrected chi connectivity index (χ3v) is 4.05. The SMILES string of the molecule is CCCCCCCCCC(C)(C)OSC=C(C)C. The molecule has 1 nitrogen and oxygen atoms in total. The van der Waals surface area contributed by atoms with Gasteiger partial charge < -0.3 is 4.18 Å². The van der Waals surface area contributed by atoms with Crippen LogP contribution in [0.2, 0.25) is 0 Å². The third kappa shape index (κ3) is 12.5. The molecule has 0 saturated carbocycles. The van der Waals surface area contributed by atoms with E-state index in [0.29, 0.717) is 0 Å². The monoisotopic (exact) mass is 272 g/mol. The Balaban J connectivity index is 3.49. The summed E-state index contributed by atoms with van der Waals surface area (Å²) >= 11 is 1.48. The highest BCUT2D eigenvalue weighted by Gasteiger charge is 2.17. The van der Waals surface area contributed by atoms with Gasteiger partial charge in [0, 0.05) is 12.0 Å². The molecular formula is C16H32OS. The van der Waals surface area contributed by atoms with Gasteiger partial charge in [0.1, 0.15) is 0 Å². The quantitative estimate of drug-likeness (QED) is 0.314. The first kappa shape index (κ1) is 18.0. The van der Waals surface area contributed by atoms with Crippen molar-refractivity contribution in [2.24, 2.45) is 0 Å². The summed E-state index contributed by atoms with van der Waals surface area (Å²) in [6, 6.07) is 0. The number of rotatable bonds is 11. The number of unbranched alkanes of at least 4 members (excludes halogenated alkanes) is 6. The second-order valence-electron chi connectivity index (χ2n) is 6.01. The lowest BCUT2D eigenvalue weighted by Crippen LogP contribution is -2.20. The van der Waals surface area contributed by atoms with Crippen molar-refractivity contribution in [1.29, 1.82) is 0 Å². The number of allylic oxidation sites excluding steroid dienone is 1. The van der Waals surface area contributed by atoms with Crippen LogP contribution in [0.5, 0.6) is 0 Å². The largest absolute Gasteiger partial charge is 0.305 e. The predicted octanol–water partition coefficient (Wildman–Crippen LogP) is 6.49. The minimum Gasteiger partial charge on any atom is -0.305 e. The summed E-state index contributed by atoms with van der Waals surface area (Å²) in [7, 11) is 0. The minimum absolute atomic E-state index is 0.0000349. The van der Waals surface area contributed by atoms with Gasteiger partial charge in [0.2, 0.25) is 0 Å². The van der Waals surface area contributed by atoms with Gasteiger partial charge >= 0.3 is 0 Å². The van der Waals surface area contributed by atoms with E-state index >= 15 is 0 Å². The summed E-state index contributed by atoms with van der Waals surface area (Å²) in [4.78, 5) is 0. The third-order valence-electron chi connectivity index (χ3n) is 2.94. The highest BCUT2D eigenvalue weighted by molar-refractivity contribution is 7.97. The smallest absolute Gasteiger partial charge is 0.0777 e. The first-order chi connectivity index (χ1) is 8.48. The van der Waals surface area contributed by atoms with Crippen molar-refractivity contribution >= 4 is 12.0 Å². The molecule has 0 aromatic carbocycles. The van der Waals surface area contributed by atoms with E-state index in [2.05, 4.69) is 40.0 Å². The lowest BCUT2D eigenvalue weighted by atomic mass is 10.00. The van der Waals surface area contributed by atoms with E-state index in [0.717, 1.165) is 6.42 Å². The molecule has 18 heavy (non-hydrogen) atoms. The molecule has 108 valence electrons. The maximum absolute atomic E-state index is 5.83. The van der Waals surface area contributed by atoms with Crippen molar-refractivity contribution < 1.29 is 4.18 Å².